The lowest BCUT2D eigenvalue weighted by Gasteiger charge is -2.28. The van der Waals surface area contributed by atoms with E-state index < -0.39 is 5.60 Å². The summed E-state index contributed by atoms with van der Waals surface area (Å²) in [6, 6.07) is 9.63. The summed E-state index contributed by atoms with van der Waals surface area (Å²) in [7, 11) is 1.66. The summed E-state index contributed by atoms with van der Waals surface area (Å²) in [5.41, 5.74) is 7.27. The van der Waals surface area contributed by atoms with Crippen molar-refractivity contribution in [3.8, 4) is 28.4 Å². The number of amides is 1. The number of nitrogens with zero attached hydrogens (tertiary/aromatic N) is 1. The Balaban J connectivity index is 1.81. The van der Waals surface area contributed by atoms with Crippen LogP contribution < -0.4 is 20.8 Å². The summed E-state index contributed by atoms with van der Waals surface area (Å²) >= 11 is 0. The number of benzene rings is 2. The molecule has 0 spiro atoms. The molecule has 0 bridgehead atoms. The van der Waals surface area contributed by atoms with E-state index in [1.807, 2.05) is 6.07 Å². The number of aromatic nitrogens is 1. The molecule has 2 aromatic carbocycles. The molecule has 1 fully saturated rings. The first kappa shape index (κ1) is 27.4. The topological polar surface area (TPSA) is 104 Å². The Labute approximate surface area is 222 Å². The molecule has 0 atom stereocenters. The van der Waals surface area contributed by atoms with Gasteiger partial charge in [-0.25, -0.2) is 4.39 Å². The van der Waals surface area contributed by atoms with E-state index in [0.717, 1.165) is 0 Å². The van der Waals surface area contributed by atoms with E-state index in [-0.39, 0.29) is 29.3 Å². The number of rotatable bonds is 7. The van der Waals surface area contributed by atoms with Crippen molar-refractivity contribution in [3.05, 3.63) is 75.5 Å². The molecule has 4 rings (SSSR count). The van der Waals surface area contributed by atoms with Crippen molar-refractivity contribution in [1.82, 2.24) is 4.57 Å². The molecule has 38 heavy (non-hydrogen) atoms. The van der Waals surface area contributed by atoms with Crippen molar-refractivity contribution < 1.29 is 23.8 Å². The van der Waals surface area contributed by atoms with Crippen LogP contribution >= 0.6 is 0 Å². The minimum absolute atomic E-state index is 0.163. The van der Waals surface area contributed by atoms with Crippen LogP contribution in [0.2, 0.25) is 0 Å². The van der Waals surface area contributed by atoms with Crippen LogP contribution in [0, 0.1) is 25.6 Å². The van der Waals surface area contributed by atoms with Crippen molar-refractivity contribution >= 4 is 5.91 Å². The highest BCUT2D eigenvalue weighted by molar-refractivity contribution is 5.77. The number of primary amides is 1. The number of halogens is 1. The maximum Gasteiger partial charge on any atom is 0.254 e. The summed E-state index contributed by atoms with van der Waals surface area (Å²) < 4.78 is 28.1. The van der Waals surface area contributed by atoms with Gasteiger partial charge in [-0.15, -0.1) is 0 Å². The molecule has 3 N–H and O–H groups in total. The zero-order valence-electron chi connectivity index (χ0n) is 22.5. The number of aryl methyl sites for hydroxylation is 3. The zero-order valence-corrected chi connectivity index (χ0v) is 22.5. The second-order valence-corrected chi connectivity index (χ2v) is 10.7. The number of ether oxygens (including phenoxy) is 2. The molecule has 0 radical (unpaired) electrons. The van der Waals surface area contributed by atoms with Crippen molar-refractivity contribution in [1.29, 1.82) is 0 Å². The van der Waals surface area contributed by atoms with Gasteiger partial charge in [0.1, 0.15) is 23.1 Å². The molecule has 0 saturated heterocycles. The van der Waals surface area contributed by atoms with Crippen LogP contribution in [0.5, 0.6) is 17.2 Å². The van der Waals surface area contributed by atoms with E-state index in [1.54, 1.807) is 53.1 Å². The molecule has 1 aromatic heterocycles. The number of carbonyl (C=O) groups is 1. The van der Waals surface area contributed by atoms with Crippen LogP contribution in [-0.2, 0) is 17.4 Å². The van der Waals surface area contributed by atoms with E-state index in [4.69, 9.17) is 15.2 Å². The van der Waals surface area contributed by atoms with Gasteiger partial charge in [0.25, 0.3) is 5.56 Å². The van der Waals surface area contributed by atoms with Gasteiger partial charge in [-0.1, -0.05) is 6.07 Å². The summed E-state index contributed by atoms with van der Waals surface area (Å²) in [6.07, 6.45) is 4.05. The van der Waals surface area contributed by atoms with E-state index in [2.05, 4.69) is 0 Å². The summed E-state index contributed by atoms with van der Waals surface area (Å²) in [5.74, 6) is 0.584. The molecule has 3 aromatic rings. The lowest BCUT2D eigenvalue weighted by molar-refractivity contribution is -0.123. The number of hydrogen-bond acceptors (Lipinski definition) is 5. The largest absolute Gasteiger partial charge is 0.490 e. The second kappa shape index (κ2) is 10.6. The van der Waals surface area contributed by atoms with Gasteiger partial charge in [0.2, 0.25) is 5.91 Å². The standard InChI is InChI=1S/C30H35FN2O5/c1-17-12-21(31)13-18(2)28(17)38-25-11-8-20(30(3,4)36)14-23(25)24-16-33(5)27(34)15-26(24)37-22-9-6-19(7-10-22)29(32)35/h8,11-16,19,22,36H,6-7,9-10H2,1-5H3,(H2,32,35)/t19-,22-. The minimum atomic E-state index is -1.14. The Kier molecular flexibility index (Phi) is 7.65. The first-order valence-electron chi connectivity index (χ1n) is 12.8. The predicted molar refractivity (Wildman–Crippen MR) is 144 cm³/mol. The fourth-order valence-electron chi connectivity index (χ4n) is 4.94. The fourth-order valence-corrected chi connectivity index (χ4v) is 4.94. The molecular formula is C30H35FN2O5. The molecule has 1 aliphatic rings. The molecule has 8 heteroatoms. The highest BCUT2D eigenvalue weighted by Gasteiger charge is 2.28. The summed E-state index contributed by atoms with van der Waals surface area (Å²) in [5, 5.41) is 10.8. The van der Waals surface area contributed by atoms with Crippen LogP contribution in [0.1, 0.15) is 56.2 Å². The maximum atomic E-state index is 13.9. The van der Waals surface area contributed by atoms with Crippen LogP contribution in [0.3, 0.4) is 0 Å². The van der Waals surface area contributed by atoms with Gasteiger partial charge in [-0.2, -0.15) is 0 Å². The Morgan fingerprint density at radius 2 is 1.66 bits per heavy atom. The van der Waals surface area contributed by atoms with Crippen LogP contribution in [0.4, 0.5) is 4.39 Å². The highest BCUT2D eigenvalue weighted by Crippen LogP contribution is 2.42. The van der Waals surface area contributed by atoms with Crippen molar-refractivity contribution in [2.45, 2.75) is 65.1 Å². The Hall–Kier alpha value is -3.65. The molecule has 202 valence electrons. The average Bonchev–Trinajstić information content (AvgIpc) is 2.83. The normalized spacial score (nSPS) is 17.8. The highest BCUT2D eigenvalue weighted by atomic mass is 19.1. The third-order valence-electron chi connectivity index (χ3n) is 7.17. The van der Waals surface area contributed by atoms with Crippen LogP contribution in [0.25, 0.3) is 11.1 Å². The van der Waals surface area contributed by atoms with Crippen molar-refractivity contribution in [3.63, 3.8) is 0 Å². The smallest absolute Gasteiger partial charge is 0.254 e. The van der Waals surface area contributed by atoms with Gasteiger partial charge in [0.15, 0.2) is 0 Å². The van der Waals surface area contributed by atoms with Gasteiger partial charge in [0, 0.05) is 36.4 Å². The molecule has 7 nitrogen and oxygen atoms in total. The van der Waals surface area contributed by atoms with Crippen molar-refractivity contribution in [2.75, 3.05) is 0 Å². The first-order valence-corrected chi connectivity index (χ1v) is 12.8. The third kappa shape index (κ3) is 5.91. The van der Waals surface area contributed by atoms with Gasteiger partial charge in [-0.3, -0.25) is 9.59 Å². The Morgan fingerprint density at radius 1 is 1.03 bits per heavy atom. The second-order valence-electron chi connectivity index (χ2n) is 10.7. The van der Waals surface area contributed by atoms with Gasteiger partial charge < -0.3 is 24.9 Å². The van der Waals surface area contributed by atoms with Crippen molar-refractivity contribution in [2.24, 2.45) is 18.7 Å². The molecule has 1 amide bonds. The van der Waals surface area contributed by atoms with E-state index in [0.29, 0.717) is 70.7 Å². The van der Waals surface area contributed by atoms with Gasteiger partial charge in [-0.05, 0) is 94.3 Å². The lowest BCUT2D eigenvalue weighted by Crippen LogP contribution is -2.32. The van der Waals surface area contributed by atoms with E-state index in [1.165, 1.54) is 22.8 Å². The Morgan fingerprint density at radius 3 is 2.24 bits per heavy atom. The average molecular weight is 523 g/mol. The minimum Gasteiger partial charge on any atom is -0.490 e. The number of nitrogens with two attached hydrogens (primary N) is 1. The number of pyridine rings is 1. The molecule has 1 heterocycles. The van der Waals surface area contributed by atoms with Gasteiger partial charge >= 0.3 is 0 Å². The van der Waals surface area contributed by atoms with E-state index >= 15 is 0 Å². The van der Waals surface area contributed by atoms with Crippen LogP contribution in [0.15, 0.2) is 47.4 Å². The van der Waals surface area contributed by atoms with E-state index in [9.17, 15) is 19.1 Å². The third-order valence-corrected chi connectivity index (χ3v) is 7.17. The Bertz CT molecular complexity index is 1390. The molecule has 1 saturated carbocycles. The summed E-state index contributed by atoms with van der Waals surface area (Å²) in [4.78, 5) is 24.2. The molecule has 1 aliphatic carbocycles. The number of aliphatic hydroxyl groups is 1. The first-order chi connectivity index (χ1) is 17.8. The summed E-state index contributed by atoms with van der Waals surface area (Å²) in [6.45, 7) is 6.94. The SMILES string of the molecule is Cc1cc(F)cc(C)c1Oc1ccc(C(C)(C)O)cc1-c1cn(C)c(=O)cc1O[C@H]1CC[C@H](C(N)=O)CC1. The number of carbonyl (C=O) groups excluding carboxylic acids is 1. The predicted octanol–water partition coefficient (Wildman–Crippen LogP) is 5.25. The van der Waals surface area contributed by atoms with Gasteiger partial charge in [0.05, 0.1) is 11.7 Å². The monoisotopic (exact) mass is 522 g/mol. The molecule has 0 aliphatic heterocycles. The molecule has 0 unspecified atom stereocenters. The van der Waals surface area contributed by atoms with Crippen LogP contribution in [-0.4, -0.2) is 21.7 Å². The number of hydrogen-bond donors (Lipinski definition) is 2. The zero-order chi connectivity index (χ0) is 27.8. The lowest BCUT2D eigenvalue weighted by atomic mass is 9.87. The molecular weight excluding hydrogens is 487 g/mol. The fraction of sp³-hybridized carbons (Fsp3) is 0.400. The maximum absolute atomic E-state index is 13.9. The quantitative estimate of drug-likeness (QED) is 0.441.